The van der Waals surface area contributed by atoms with Crippen molar-refractivity contribution < 1.29 is 18.9 Å². The molecule has 6 rings (SSSR count). The molecule has 2 saturated heterocycles. The van der Waals surface area contributed by atoms with Crippen molar-refractivity contribution in [1.82, 2.24) is 9.88 Å². The van der Waals surface area contributed by atoms with Gasteiger partial charge in [-0.2, -0.15) is 5.26 Å². The molecule has 0 unspecified atom stereocenters. The number of aromatic nitrogens is 1. The monoisotopic (exact) mass is 469 g/mol. The van der Waals surface area contributed by atoms with E-state index in [1.54, 1.807) is 7.11 Å². The summed E-state index contributed by atoms with van der Waals surface area (Å²) in [6.45, 7) is 7.78. The summed E-state index contributed by atoms with van der Waals surface area (Å²) in [5.74, 6) is 2.04. The highest BCUT2D eigenvalue weighted by atomic mass is 16.6. The highest BCUT2D eigenvalue weighted by Crippen LogP contribution is 2.41. The molecule has 1 spiro atoms. The first kappa shape index (κ1) is 21.9. The molecule has 7 nitrogen and oxygen atoms in total. The number of hydrogen-bond acceptors (Lipinski definition) is 7. The molecule has 0 amide bonds. The van der Waals surface area contributed by atoms with E-state index in [0.29, 0.717) is 35.8 Å². The van der Waals surface area contributed by atoms with Crippen LogP contribution in [-0.2, 0) is 11.3 Å². The van der Waals surface area contributed by atoms with Gasteiger partial charge in [0.15, 0.2) is 11.5 Å². The Hall–Kier alpha value is -3.60. The van der Waals surface area contributed by atoms with Crippen LogP contribution in [0.3, 0.4) is 0 Å². The molecule has 1 aromatic heterocycles. The van der Waals surface area contributed by atoms with Crippen molar-refractivity contribution in [3.63, 3.8) is 0 Å². The lowest BCUT2D eigenvalue weighted by Crippen LogP contribution is -2.65. The summed E-state index contributed by atoms with van der Waals surface area (Å²) in [6.07, 6.45) is 0. The Balaban J connectivity index is 1.34. The van der Waals surface area contributed by atoms with Crippen molar-refractivity contribution >= 4 is 0 Å². The first-order valence-electron chi connectivity index (χ1n) is 11.9. The largest absolute Gasteiger partial charge is 0.486 e. The number of likely N-dealkylation sites (tertiary alicyclic amines) is 1. The molecule has 2 fully saturated rings. The van der Waals surface area contributed by atoms with Gasteiger partial charge in [0.25, 0.3) is 0 Å². The summed E-state index contributed by atoms with van der Waals surface area (Å²) in [4.78, 5) is 7.26. The van der Waals surface area contributed by atoms with Gasteiger partial charge in [-0.15, -0.1) is 0 Å². The lowest BCUT2D eigenvalue weighted by Gasteiger charge is -2.55. The summed E-state index contributed by atoms with van der Waals surface area (Å²) >= 11 is 0. The number of benzene rings is 2. The van der Waals surface area contributed by atoms with Crippen molar-refractivity contribution in [3.8, 4) is 45.8 Å². The molecule has 0 atom stereocenters. The minimum Gasteiger partial charge on any atom is -0.486 e. The van der Waals surface area contributed by atoms with E-state index in [2.05, 4.69) is 24.0 Å². The van der Waals surface area contributed by atoms with Gasteiger partial charge < -0.3 is 18.9 Å². The van der Waals surface area contributed by atoms with Crippen LogP contribution >= 0.6 is 0 Å². The molecule has 178 valence electrons. The molecule has 0 bridgehead atoms. The number of hydrogen-bond donors (Lipinski definition) is 0. The van der Waals surface area contributed by atoms with Gasteiger partial charge in [-0.05, 0) is 36.2 Å². The molecule has 35 heavy (non-hydrogen) atoms. The second-order valence-electron chi connectivity index (χ2n) is 9.65. The molecule has 3 aliphatic rings. The molecule has 2 aromatic carbocycles. The summed E-state index contributed by atoms with van der Waals surface area (Å²) in [7, 11) is 1.66. The van der Waals surface area contributed by atoms with Crippen LogP contribution in [0.25, 0.3) is 22.4 Å². The molecule has 7 heteroatoms. The van der Waals surface area contributed by atoms with Gasteiger partial charge in [-0.3, -0.25) is 4.90 Å². The third kappa shape index (κ3) is 3.79. The number of rotatable bonds is 5. The third-order valence-corrected chi connectivity index (χ3v) is 7.12. The van der Waals surface area contributed by atoms with Gasteiger partial charge in [-0.1, -0.05) is 24.3 Å². The Bertz CT molecular complexity index is 1330. The predicted molar refractivity (Wildman–Crippen MR) is 131 cm³/mol. The van der Waals surface area contributed by atoms with E-state index in [9.17, 15) is 5.26 Å². The molecule has 0 saturated carbocycles. The lowest BCUT2D eigenvalue weighted by atomic mass is 9.78. The minimum absolute atomic E-state index is 0.366. The first-order valence-corrected chi connectivity index (χ1v) is 11.9. The van der Waals surface area contributed by atoms with E-state index in [0.717, 1.165) is 72.1 Å². The highest BCUT2D eigenvalue weighted by molar-refractivity contribution is 5.82. The molecular formula is C28H27N3O4. The lowest BCUT2D eigenvalue weighted by molar-refractivity contribution is -0.191. The van der Waals surface area contributed by atoms with Crippen molar-refractivity contribution in [1.29, 1.82) is 5.26 Å². The molecule has 0 radical (unpaired) electrons. The predicted octanol–water partition coefficient (Wildman–Crippen LogP) is 4.21. The number of nitrogens with zero attached hydrogens (tertiary/aromatic N) is 3. The van der Waals surface area contributed by atoms with E-state index in [-0.39, 0.29) is 0 Å². The molecular weight excluding hydrogens is 442 g/mol. The van der Waals surface area contributed by atoms with Gasteiger partial charge in [0.1, 0.15) is 19.3 Å². The smallest absolute Gasteiger partial charge is 0.218 e. The van der Waals surface area contributed by atoms with Crippen LogP contribution in [0.15, 0.2) is 42.5 Å². The SMILES string of the molecule is COc1nc(-c2cccc(-c3ccc4c(c3)OCCO4)c2C#N)cc(C)c1CN1CC2(COC2)C1. The summed E-state index contributed by atoms with van der Waals surface area (Å²) < 4.78 is 22.5. The van der Waals surface area contributed by atoms with Crippen molar-refractivity contribution in [3.05, 3.63) is 59.2 Å². The summed E-state index contributed by atoms with van der Waals surface area (Å²) in [5, 5.41) is 10.2. The standard InChI is InChI=1S/C28H27N3O4/c1-18-10-24(30-27(32-2)23(18)13-31-14-28(15-31)16-33-17-28)21-5-3-4-20(22(21)12-29)19-6-7-25-26(11-19)35-9-8-34-25/h3-7,10-11H,8-9,13-17H2,1-2H3. The topological polar surface area (TPSA) is 76.8 Å². The number of pyridine rings is 1. The van der Waals surface area contributed by atoms with E-state index < -0.39 is 0 Å². The number of nitriles is 1. The molecule has 4 heterocycles. The minimum atomic E-state index is 0.366. The maximum Gasteiger partial charge on any atom is 0.218 e. The maximum absolute atomic E-state index is 10.2. The maximum atomic E-state index is 10.2. The quantitative estimate of drug-likeness (QED) is 0.554. The van der Waals surface area contributed by atoms with Gasteiger partial charge in [0.05, 0.1) is 31.6 Å². The van der Waals surface area contributed by atoms with Gasteiger partial charge in [0.2, 0.25) is 5.88 Å². The van der Waals surface area contributed by atoms with Crippen LogP contribution in [0.4, 0.5) is 0 Å². The van der Waals surface area contributed by atoms with Crippen LogP contribution in [0, 0.1) is 23.7 Å². The fraction of sp³-hybridized carbons (Fsp3) is 0.357. The Morgan fingerprint density at radius 1 is 1.06 bits per heavy atom. The fourth-order valence-electron chi connectivity index (χ4n) is 5.32. The van der Waals surface area contributed by atoms with E-state index in [1.165, 1.54) is 0 Å². The van der Waals surface area contributed by atoms with Crippen LogP contribution in [0.1, 0.15) is 16.7 Å². The Labute approximate surface area is 204 Å². The Morgan fingerprint density at radius 3 is 2.54 bits per heavy atom. The second-order valence-corrected chi connectivity index (χ2v) is 9.65. The van der Waals surface area contributed by atoms with Gasteiger partial charge in [0, 0.05) is 41.7 Å². The Kier molecular flexibility index (Phi) is 5.36. The number of fused-ring (bicyclic) bond motifs is 1. The van der Waals surface area contributed by atoms with Gasteiger partial charge >= 0.3 is 0 Å². The number of methoxy groups -OCH3 is 1. The van der Waals surface area contributed by atoms with Crippen molar-refractivity contribution in [2.24, 2.45) is 5.41 Å². The van der Waals surface area contributed by atoms with Crippen LogP contribution in [0.5, 0.6) is 17.4 Å². The van der Waals surface area contributed by atoms with Crippen LogP contribution in [0.2, 0.25) is 0 Å². The zero-order valence-electron chi connectivity index (χ0n) is 20.0. The average molecular weight is 470 g/mol. The van der Waals surface area contributed by atoms with Gasteiger partial charge in [-0.25, -0.2) is 4.98 Å². The first-order chi connectivity index (χ1) is 17.1. The zero-order chi connectivity index (χ0) is 24.0. The molecule has 0 N–H and O–H groups in total. The third-order valence-electron chi connectivity index (χ3n) is 7.12. The summed E-state index contributed by atoms with van der Waals surface area (Å²) in [6, 6.07) is 16.1. The van der Waals surface area contributed by atoms with Crippen molar-refractivity contribution in [2.45, 2.75) is 13.5 Å². The van der Waals surface area contributed by atoms with E-state index in [4.69, 9.17) is 23.9 Å². The van der Waals surface area contributed by atoms with Crippen molar-refractivity contribution in [2.75, 3.05) is 46.6 Å². The normalized spacial score (nSPS) is 17.9. The molecule has 0 aliphatic carbocycles. The average Bonchev–Trinajstić information content (AvgIpc) is 2.84. The molecule has 3 aromatic rings. The molecule has 3 aliphatic heterocycles. The van der Waals surface area contributed by atoms with E-state index in [1.807, 2.05) is 36.4 Å². The second kappa shape index (κ2) is 8.56. The Morgan fingerprint density at radius 2 is 1.83 bits per heavy atom. The number of ether oxygens (including phenoxy) is 4. The van der Waals surface area contributed by atoms with Crippen LogP contribution < -0.4 is 14.2 Å². The van der Waals surface area contributed by atoms with Crippen LogP contribution in [-0.4, -0.2) is 56.5 Å². The highest BCUT2D eigenvalue weighted by Gasteiger charge is 2.48. The number of aryl methyl sites for hydroxylation is 1. The fourth-order valence-corrected chi connectivity index (χ4v) is 5.32. The van der Waals surface area contributed by atoms with E-state index >= 15 is 0 Å². The summed E-state index contributed by atoms with van der Waals surface area (Å²) in [5.41, 5.74) is 6.37. The zero-order valence-corrected chi connectivity index (χ0v) is 20.0.